The summed E-state index contributed by atoms with van der Waals surface area (Å²) in [5.41, 5.74) is 26.4. The van der Waals surface area contributed by atoms with Crippen molar-refractivity contribution in [2.45, 2.75) is 47.0 Å². The van der Waals surface area contributed by atoms with Crippen LogP contribution in [0.15, 0.2) is 231 Å². The Balaban J connectivity index is 0.981. The largest absolute Gasteiger partial charge is 0.310 e. The molecule has 334 valence electrons. The Morgan fingerprint density at radius 2 is 0.493 bits per heavy atom. The smallest absolute Gasteiger partial charge is 0.0465 e. The minimum absolute atomic E-state index is 0.276. The van der Waals surface area contributed by atoms with Crippen molar-refractivity contribution >= 4 is 34.1 Å². The van der Waals surface area contributed by atoms with Gasteiger partial charge in [-0.15, -0.1) is 0 Å². The number of hydrogen-bond donors (Lipinski definition) is 0. The molecule has 2 heteroatoms. The third-order valence-corrected chi connectivity index (χ3v) is 14.1. The van der Waals surface area contributed by atoms with E-state index in [2.05, 4.69) is 282 Å². The van der Waals surface area contributed by atoms with E-state index in [-0.39, 0.29) is 5.41 Å². The summed E-state index contributed by atoms with van der Waals surface area (Å²) in [5, 5.41) is 0. The number of nitrogens with zero attached hydrogens (tertiary/aromatic N) is 2. The Morgan fingerprint density at radius 1 is 0.246 bits per heavy atom. The second kappa shape index (κ2) is 17.8. The second-order valence-electron chi connectivity index (χ2n) is 19.4. The molecule has 11 rings (SSSR count). The van der Waals surface area contributed by atoms with Crippen molar-refractivity contribution in [2.24, 2.45) is 0 Å². The first kappa shape index (κ1) is 43.4. The van der Waals surface area contributed by atoms with E-state index in [9.17, 15) is 0 Å². The molecule has 1 aliphatic carbocycles. The SMILES string of the molecule is Cc1cccc(-c2ccc(N(c3ccc(-c4cccc(C)c4)cc3)c3ccc4c(c3)C(C)(C)c3cc(N(c5ccc(-c6cccc(C)c6)cc5)c5ccc(-c6cccc(C)c6)cc5)ccc3-4)cc2)c1. The van der Waals surface area contributed by atoms with Gasteiger partial charge in [-0.05, 0) is 167 Å². The minimum atomic E-state index is -0.276. The van der Waals surface area contributed by atoms with Gasteiger partial charge in [0.1, 0.15) is 0 Å². The van der Waals surface area contributed by atoms with Gasteiger partial charge >= 0.3 is 0 Å². The summed E-state index contributed by atoms with van der Waals surface area (Å²) in [6.45, 7) is 13.4. The molecule has 69 heavy (non-hydrogen) atoms. The maximum absolute atomic E-state index is 2.43. The molecule has 0 unspecified atom stereocenters. The Morgan fingerprint density at radius 3 is 0.739 bits per heavy atom. The standard InChI is InChI=1S/C67H56N2/c1-45-11-7-15-53(39-45)49-19-27-57(28-20-49)68(58-29-21-50(22-30-58)54-16-8-12-46(2)40-54)61-35-37-63-64-38-36-62(44-66(64)67(5,6)65(63)43-61)69(59-31-23-51(24-32-59)55-17-9-13-47(3)41-55)60-33-25-52(26-34-60)56-18-10-14-48(4)42-56/h7-44H,1-6H3. The lowest BCUT2D eigenvalue weighted by Gasteiger charge is -2.29. The first-order chi connectivity index (χ1) is 33.6. The van der Waals surface area contributed by atoms with Crippen LogP contribution in [-0.2, 0) is 5.41 Å². The molecule has 0 bridgehead atoms. The first-order valence-electron chi connectivity index (χ1n) is 24.1. The molecule has 0 aromatic heterocycles. The third-order valence-electron chi connectivity index (χ3n) is 14.1. The molecule has 0 saturated carbocycles. The molecular weight excluding hydrogens is 833 g/mol. The van der Waals surface area contributed by atoms with Crippen LogP contribution in [0, 0.1) is 27.7 Å². The fourth-order valence-electron chi connectivity index (χ4n) is 10.4. The zero-order valence-electron chi connectivity index (χ0n) is 40.3. The van der Waals surface area contributed by atoms with E-state index in [4.69, 9.17) is 0 Å². The summed E-state index contributed by atoms with van der Waals surface area (Å²) in [4.78, 5) is 4.82. The van der Waals surface area contributed by atoms with Gasteiger partial charge in [0.25, 0.3) is 0 Å². The molecule has 0 atom stereocenters. The van der Waals surface area contributed by atoms with Gasteiger partial charge in [0.2, 0.25) is 0 Å². The highest BCUT2D eigenvalue weighted by Gasteiger charge is 2.37. The van der Waals surface area contributed by atoms with Gasteiger partial charge in [0.05, 0.1) is 0 Å². The van der Waals surface area contributed by atoms with Crippen LogP contribution in [0.25, 0.3) is 55.6 Å². The molecule has 0 amide bonds. The zero-order chi connectivity index (χ0) is 47.2. The average molecular weight is 889 g/mol. The van der Waals surface area contributed by atoms with Gasteiger partial charge in [-0.1, -0.05) is 194 Å². The van der Waals surface area contributed by atoms with Crippen molar-refractivity contribution in [1.82, 2.24) is 0 Å². The van der Waals surface area contributed by atoms with Crippen LogP contribution in [0.2, 0.25) is 0 Å². The summed E-state index contributed by atoms with van der Waals surface area (Å²) < 4.78 is 0. The number of anilines is 6. The van der Waals surface area contributed by atoms with Crippen molar-refractivity contribution in [1.29, 1.82) is 0 Å². The summed E-state index contributed by atoms with van der Waals surface area (Å²) in [7, 11) is 0. The van der Waals surface area contributed by atoms with Crippen LogP contribution in [0.1, 0.15) is 47.2 Å². The fraction of sp³-hybridized carbons (Fsp3) is 0.104. The quantitative estimate of drug-likeness (QED) is 0.135. The van der Waals surface area contributed by atoms with Gasteiger partial charge in [0, 0.05) is 39.5 Å². The summed E-state index contributed by atoms with van der Waals surface area (Å²) in [6.07, 6.45) is 0. The summed E-state index contributed by atoms with van der Waals surface area (Å²) in [6, 6.07) is 85.3. The molecule has 2 nitrogen and oxygen atoms in total. The maximum Gasteiger partial charge on any atom is 0.0465 e. The predicted molar refractivity (Wildman–Crippen MR) is 294 cm³/mol. The van der Waals surface area contributed by atoms with E-state index in [0.717, 1.165) is 34.1 Å². The van der Waals surface area contributed by atoms with Gasteiger partial charge in [-0.3, -0.25) is 0 Å². The average Bonchev–Trinajstić information content (AvgIpc) is 3.59. The monoisotopic (exact) mass is 888 g/mol. The Kier molecular flexibility index (Phi) is 11.2. The van der Waals surface area contributed by atoms with Crippen LogP contribution in [0.4, 0.5) is 34.1 Å². The van der Waals surface area contributed by atoms with Crippen molar-refractivity contribution in [3.05, 3.63) is 264 Å². The molecule has 0 aliphatic heterocycles. The van der Waals surface area contributed by atoms with Crippen molar-refractivity contribution in [2.75, 3.05) is 9.80 Å². The van der Waals surface area contributed by atoms with E-state index in [1.807, 2.05) is 0 Å². The van der Waals surface area contributed by atoms with Crippen LogP contribution >= 0.6 is 0 Å². The molecule has 0 fully saturated rings. The minimum Gasteiger partial charge on any atom is -0.310 e. The van der Waals surface area contributed by atoms with Crippen molar-refractivity contribution < 1.29 is 0 Å². The van der Waals surface area contributed by atoms with Crippen molar-refractivity contribution in [3.63, 3.8) is 0 Å². The predicted octanol–water partition coefficient (Wildman–Crippen LogP) is 18.8. The molecular formula is C67H56N2. The summed E-state index contributed by atoms with van der Waals surface area (Å²) >= 11 is 0. The van der Waals surface area contributed by atoms with Crippen LogP contribution in [0.3, 0.4) is 0 Å². The summed E-state index contributed by atoms with van der Waals surface area (Å²) in [5.74, 6) is 0. The number of rotatable bonds is 10. The van der Waals surface area contributed by atoms with Crippen LogP contribution in [-0.4, -0.2) is 0 Å². The van der Waals surface area contributed by atoms with E-state index in [1.165, 1.54) is 89.0 Å². The van der Waals surface area contributed by atoms with Gasteiger partial charge in [-0.2, -0.15) is 0 Å². The second-order valence-corrected chi connectivity index (χ2v) is 19.4. The fourth-order valence-corrected chi connectivity index (χ4v) is 10.4. The normalized spacial score (nSPS) is 12.3. The van der Waals surface area contributed by atoms with Crippen LogP contribution < -0.4 is 9.80 Å². The van der Waals surface area contributed by atoms with Crippen LogP contribution in [0.5, 0.6) is 0 Å². The highest BCUT2D eigenvalue weighted by Crippen LogP contribution is 2.53. The molecule has 0 saturated heterocycles. The number of aryl methyl sites for hydroxylation is 4. The van der Waals surface area contributed by atoms with E-state index in [1.54, 1.807) is 0 Å². The number of fused-ring (bicyclic) bond motifs is 3. The molecule has 0 radical (unpaired) electrons. The lowest BCUT2D eigenvalue weighted by atomic mass is 9.82. The molecule has 1 aliphatic rings. The topological polar surface area (TPSA) is 6.48 Å². The van der Waals surface area contributed by atoms with Crippen molar-refractivity contribution in [3.8, 4) is 55.6 Å². The highest BCUT2D eigenvalue weighted by molar-refractivity contribution is 5.89. The molecule has 0 N–H and O–H groups in total. The number of hydrogen-bond acceptors (Lipinski definition) is 2. The van der Waals surface area contributed by atoms with Gasteiger partial charge < -0.3 is 9.80 Å². The maximum atomic E-state index is 2.43. The first-order valence-corrected chi connectivity index (χ1v) is 24.1. The Hall–Kier alpha value is -8.20. The Bertz CT molecular complexity index is 3080. The lowest BCUT2D eigenvalue weighted by Crippen LogP contribution is -2.17. The van der Waals surface area contributed by atoms with E-state index in [0.29, 0.717) is 0 Å². The molecule has 10 aromatic rings. The molecule has 0 heterocycles. The van der Waals surface area contributed by atoms with Gasteiger partial charge in [-0.25, -0.2) is 0 Å². The zero-order valence-corrected chi connectivity index (χ0v) is 40.3. The van der Waals surface area contributed by atoms with E-state index < -0.39 is 0 Å². The Labute approximate surface area is 408 Å². The number of benzene rings is 10. The van der Waals surface area contributed by atoms with Gasteiger partial charge in [0.15, 0.2) is 0 Å². The lowest BCUT2D eigenvalue weighted by molar-refractivity contribution is 0.660. The van der Waals surface area contributed by atoms with E-state index >= 15 is 0 Å². The highest BCUT2D eigenvalue weighted by atomic mass is 15.1. The third kappa shape index (κ3) is 8.45. The molecule has 10 aromatic carbocycles. The molecule has 0 spiro atoms.